The van der Waals surface area contributed by atoms with Crippen LogP contribution >= 0.6 is 0 Å². The van der Waals surface area contributed by atoms with E-state index >= 15 is 0 Å². The lowest BCUT2D eigenvalue weighted by Gasteiger charge is -2.24. The van der Waals surface area contributed by atoms with Crippen molar-refractivity contribution in [2.24, 2.45) is 0 Å². The molecule has 0 nitrogen and oxygen atoms in total. The number of fused-ring (bicyclic) bond motifs is 3. The van der Waals surface area contributed by atoms with E-state index in [1.54, 1.807) is 10.4 Å². The molecule has 0 aromatic heterocycles. The van der Waals surface area contributed by atoms with E-state index < -0.39 is 16.1 Å². The highest BCUT2D eigenvalue weighted by molar-refractivity contribution is 6.92. The van der Waals surface area contributed by atoms with E-state index in [1.165, 1.54) is 21.5 Å². The number of hydrogen-bond acceptors (Lipinski definition) is 0. The van der Waals surface area contributed by atoms with Crippen molar-refractivity contribution in [1.82, 2.24) is 0 Å². The van der Waals surface area contributed by atoms with Crippen LogP contribution < -0.4 is 10.4 Å². The number of hydrogen-bond donors (Lipinski definition) is 0. The second-order valence-electron chi connectivity index (χ2n) is 8.37. The molecule has 114 valence electrons. The fraction of sp³-hybridized carbons (Fsp3) is 0.300. The minimum atomic E-state index is -1.38. The van der Waals surface area contributed by atoms with E-state index in [-0.39, 0.29) is 0 Å². The van der Waals surface area contributed by atoms with Gasteiger partial charge in [0.1, 0.15) is 0 Å². The summed E-state index contributed by atoms with van der Waals surface area (Å²) in [5.74, 6) is 0. The Morgan fingerprint density at radius 1 is 0.500 bits per heavy atom. The van der Waals surface area contributed by atoms with Gasteiger partial charge < -0.3 is 0 Å². The van der Waals surface area contributed by atoms with Gasteiger partial charge in [0, 0.05) is 0 Å². The van der Waals surface area contributed by atoms with Crippen LogP contribution in [0.5, 0.6) is 0 Å². The maximum Gasteiger partial charge on any atom is 0.0784 e. The van der Waals surface area contributed by atoms with Crippen LogP contribution in [0.2, 0.25) is 39.3 Å². The molecule has 0 bridgehead atoms. The van der Waals surface area contributed by atoms with Crippen molar-refractivity contribution in [2.75, 3.05) is 0 Å². The lowest BCUT2D eigenvalue weighted by molar-refractivity contribution is 1.71. The van der Waals surface area contributed by atoms with Crippen molar-refractivity contribution in [3.63, 3.8) is 0 Å². The molecule has 3 aromatic carbocycles. The molecule has 0 amide bonds. The van der Waals surface area contributed by atoms with Crippen molar-refractivity contribution < 1.29 is 0 Å². The van der Waals surface area contributed by atoms with Gasteiger partial charge in [-0.1, -0.05) is 98.2 Å². The lowest BCUT2D eigenvalue weighted by Crippen LogP contribution is -2.41. The predicted octanol–water partition coefficient (Wildman–Crippen LogP) is 5.08. The summed E-state index contributed by atoms with van der Waals surface area (Å²) in [6.07, 6.45) is 0. The van der Waals surface area contributed by atoms with Gasteiger partial charge in [-0.2, -0.15) is 0 Å². The molecule has 0 saturated heterocycles. The largest absolute Gasteiger partial charge is 0.0784 e. The summed E-state index contributed by atoms with van der Waals surface area (Å²) in [5, 5.41) is 9.05. The molecule has 0 spiro atoms. The lowest BCUT2D eigenvalue weighted by atomic mass is 10.0. The van der Waals surface area contributed by atoms with Gasteiger partial charge in [-0.3, -0.25) is 0 Å². The third-order valence-corrected chi connectivity index (χ3v) is 8.57. The Morgan fingerprint density at radius 2 is 0.864 bits per heavy atom. The Balaban J connectivity index is 2.59. The van der Waals surface area contributed by atoms with Gasteiger partial charge in [-0.05, 0) is 21.5 Å². The van der Waals surface area contributed by atoms with E-state index in [0.29, 0.717) is 0 Å². The van der Waals surface area contributed by atoms with Crippen molar-refractivity contribution in [3.05, 3.63) is 48.5 Å². The minimum Gasteiger partial charge on any atom is -0.0656 e. The second kappa shape index (κ2) is 5.07. The summed E-state index contributed by atoms with van der Waals surface area (Å²) >= 11 is 0. The van der Waals surface area contributed by atoms with Gasteiger partial charge in [0.15, 0.2) is 0 Å². The minimum absolute atomic E-state index is 1.38. The van der Waals surface area contributed by atoms with Gasteiger partial charge in [0.25, 0.3) is 0 Å². The molecular weight excluding hydrogens is 296 g/mol. The first-order chi connectivity index (χ1) is 10.2. The quantitative estimate of drug-likeness (QED) is 0.456. The van der Waals surface area contributed by atoms with Crippen LogP contribution in [0.3, 0.4) is 0 Å². The molecule has 0 radical (unpaired) electrons. The fourth-order valence-electron chi connectivity index (χ4n) is 3.41. The smallest absolute Gasteiger partial charge is 0.0656 e. The van der Waals surface area contributed by atoms with Gasteiger partial charge in [-0.25, -0.2) is 0 Å². The Hall–Kier alpha value is -1.39. The molecule has 0 atom stereocenters. The molecular formula is C20H26Si2. The number of rotatable bonds is 2. The van der Waals surface area contributed by atoms with Gasteiger partial charge in [0.05, 0.1) is 16.1 Å². The van der Waals surface area contributed by atoms with Crippen LogP contribution in [0, 0.1) is 0 Å². The first kappa shape index (κ1) is 15.5. The summed E-state index contributed by atoms with van der Waals surface area (Å²) in [6, 6.07) is 18.4. The predicted molar refractivity (Wildman–Crippen MR) is 107 cm³/mol. The zero-order valence-electron chi connectivity index (χ0n) is 14.6. The van der Waals surface area contributed by atoms with E-state index in [4.69, 9.17) is 0 Å². The molecule has 22 heavy (non-hydrogen) atoms. The van der Waals surface area contributed by atoms with E-state index in [0.717, 1.165) is 0 Å². The molecule has 0 saturated carbocycles. The van der Waals surface area contributed by atoms with E-state index in [1.807, 2.05) is 0 Å². The Kier molecular flexibility index (Phi) is 3.57. The first-order valence-electron chi connectivity index (χ1n) is 8.15. The van der Waals surface area contributed by atoms with Crippen LogP contribution in [-0.2, 0) is 0 Å². The molecule has 0 heterocycles. The van der Waals surface area contributed by atoms with Crippen molar-refractivity contribution in [2.45, 2.75) is 39.3 Å². The van der Waals surface area contributed by atoms with E-state index in [2.05, 4.69) is 87.8 Å². The Morgan fingerprint density at radius 3 is 1.18 bits per heavy atom. The molecule has 0 fully saturated rings. The highest BCUT2D eigenvalue weighted by atomic mass is 28.3. The van der Waals surface area contributed by atoms with E-state index in [9.17, 15) is 0 Å². The van der Waals surface area contributed by atoms with Gasteiger partial charge in [-0.15, -0.1) is 0 Å². The second-order valence-corrected chi connectivity index (χ2v) is 18.5. The molecule has 3 rings (SSSR count). The SMILES string of the molecule is C[Si](C)(C)c1cccc2ccc3cccc([Si](C)(C)C)c3c12. The fourth-order valence-corrected chi connectivity index (χ4v) is 6.64. The third-order valence-electron chi connectivity index (χ3n) is 4.50. The van der Waals surface area contributed by atoms with Crippen LogP contribution in [0.4, 0.5) is 0 Å². The highest BCUT2D eigenvalue weighted by Crippen LogP contribution is 2.26. The van der Waals surface area contributed by atoms with Crippen LogP contribution in [0.1, 0.15) is 0 Å². The number of benzene rings is 3. The molecule has 2 heteroatoms. The van der Waals surface area contributed by atoms with Crippen LogP contribution in [0.25, 0.3) is 21.5 Å². The van der Waals surface area contributed by atoms with Crippen LogP contribution in [-0.4, -0.2) is 16.1 Å². The Bertz CT molecular complexity index is 776. The zero-order chi connectivity index (χ0) is 16.1. The maximum atomic E-state index is 2.46. The maximum absolute atomic E-state index is 2.46. The van der Waals surface area contributed by atoms with Crippen molar-refractivity contribution in [1.29, 1.82) is 0 Å². The van der Waals surface area contributed by atoms with Gasteiger partial charge in [0.2, 0.25) is 0 Å². The molecule has 0 N–H and O–H groups in total. The highest BCUT2D eigenvalue weighted by Gasteiger charge is 2.24. The molecule has 0 aliphatic carbocycles. The zero-order valence-corrected chi connectivity index (χ0v) is 16.6. The van der Waals surface area contributed by atoms with Crippen molar-refractivity contribution >= 4 is 48.1 Å². The average Bonchev–Trinajstić information content (AvgIpc) is 2.43. The topological polar surface area (TPSA) is 0 Å². The summed E-state index contributed by atoms with van der Waals surface area (Å²) in [5.41, 5.74) is 0. The first-order valence-corrected chi connectivity index (χ1v) is 15.1. The third kappa shape index (κ3) is 2.55. The normalized spacial score (nSPS) is 13.0. The molecule has 0 unspecified atom stereocenters. The average molecular weight is 323 g/mol. The van der Waals surface area contributed by atoms with Gasteiger partial charge >= 0.3 is 0 Å². The summed E-state index contributed by atoms with van der Waals surface area (Å²) < 4.78 is 0. The van der Waals surface area contributed by atoms with Crippen molar-refractivity contribution in [3.8, 4) is 0 Å². The summed E-state index contributed by atoms with van der Waals surface area (Å²) in [7, 11) is -2.76. The standard InChI is InChI=1S/C20H26Si2/c1-21(2,3)17-11-7-9-15-13-14-16-10-8-12-18(22(4,5)6)20(16)19(15)17/h7-14H,1-6H3. The summed E-state index contributed by atoms with van der Waals surface area (Å²) in [4.78, 5) is 0. The molecule has 0 aliphatic rings. The van der Waals surface area contributed by atoms with Crippen LogP contribution in [0.15, 0.2) is 48.5 Å². The Labute approximate surface area is 136 Å². The molecule has 3 aromatic rings. The molecule has 0 aliphatic heterocycles. The monoisotopic (exact) mass is 322 g/mol. The summed E-state index contributed by atoms with van der Waals surface area (Å²) in [6.45, 7) is 14.7.